The number of nitrogens with zero attached hydrogens (tertiary/aromatic N) is 1. The molecule has 0 aliphatic carbocycles. The van der Waals surface area contributed by atoms with E-state index in [1.807, 2.05) is 0 Å². The van der Waals surface area contributed by atoms with Gasteiger partial charge in [-0.25, -0.2) is 18.2 Å². The molecule has 0 atom stereocenters. The topological polar surface area (TPSA) is 106 Å². The molecule has 1 heterocycles. The van der Waals surface area contributed by atoms with Gasteiger partial charge in [-0.1, -0.05) is 0 Å². The minimum atomic E-state index is -3.97. The summed E-state index contributed by atoms with van der Waals surface area (Å²) < 4.78 is 32.3. The number of anilines is 1. The number of benzene rings is 1. The van der Waals surface area contributed by atoms with Crippen LogP contribution in [0.25, 0.3) is 0 Å². The van der Waals surface area contributed by atoms with E-state index in [4.69, 9.17) is 9.84 Å². The third-order valence-electron chi connectivity index (χ3n) is 2.69. The molecule has 0 saturated carbocycles. The Morgan fingerprint density at radius 1 is 1.36 bits per heavy atom. The summed E-state index contributed by atoms with van der Waals surface area (Å²) in [6.07, 6.45) is 1.46. The minimum Gasteiger partial charge on any atom is -0.480 e. The van der Waals surface area contributed by atoms with Crippen molar-refractivity contribution in [2.45, 2.75) is 4.90 Å². The summed E-state index contributed by atoms with van der Waals surface area (Å²) in [5, 5.41) is 9.05. The first-order valence-corrected chi connectivity index (χ1v) is 8.17. The second-order valence-electron chi connectivity index (χ2n) is 4.11. The van der Waals surface area contributed by atoms with E-state index in [0.29, 0.717) is 0 Å². The van der Waals surface area contributed by atoms with Gasteiger partial charge in [0, 0.05) is 10.7 Å². The fraction of sp³-hybridized carbons (Fsp3) is 0.0769. The highest BCUT2D eigenvalue weighted by atomic mass is 79.9. The number of carboxylic acids is 1. The van der Waals surface area contributed by atoms with Gasteiger partial charge in [0.25, 0.3) is 10.0 Å². The maximum atomic E-state index is 12.4. The predicted octanol–water partition coefficient (Wildman–Crippen LogP) is 2.35. The standard InChI is InChI=1S/C13H11BrN2O5S/c1-21-12-11(3-2-6-15-12)16-22(19,20)8-4-5-10(14)9(7-8)13(17)18/h2-7,16H,1H3,(H,17,18). The van der Waals surface area contributed by atoms with Crippen LogP contribution in [0.2, 0.25) is 0 Å². The number of pyridine rings is 1. The minimum absolute atomic E-state index is 0.113. The fourth-order valence-electron chi connectivity index (χ4n) is 1.67. The van der Waals surface area contributed by atoms with E-state index in [1.165, 1.54) is 31.5 Å². The average Bonchev–Trinajstić information content (AvgIpc) is 2.47. The Bertz CT molecular complexity index is 823. The van der Waals surface area contributed by atoms with Crippen LogP contribution in [-0.4, -0.2) is 31.6 Å². The molecule has 0 aliphatic rings. The molecule has 0 aliphatic heterocycles. The van der Waals surface area contributed by atoms with Crippen molar-refractivity contribution in [2.75, 3.05) is 11.8 Å². The number of carbonyl (C=O) groups is 1. The van der Waals surface area contributed by atoms with Crippen LogP contribution in [0.4, 0.5) is 5.69 Å². The van der Waals surface area contributed by atoms with Crippen molar-refractivity contribution >= 4 is 37.6 Å². The Balaban J connectivity index is 2.43. The fourth-order valence-corrected chi connectivity index (χ4v) is 3.17. The molecule has 9 heteroatoms. The number of halogens is 1. The second-order valence-corrected chi connectivity index (χ2v) is 6.65. The van der Waals surface area contributed by atoms with Crippen molar-refractivity contribution in [1.29, 1.82) is 0 Å². The number of hydrogen-bond acceptors (Lipinski definition) is 5. The molecule has 2 N–H and O–H groups in total. The molecule has 7 nitrogen and oxygen atoms in total. The normalized spacial score (nSPS) is 11.0. The summed E-state index contributed by atoms with van der Waals surface area (Å²) in [6, 6.07) is 6.75. The number of aromatic carboxylic acids is 1. The van der Waals surface area contributed by atoms with E-state index < -0.39 is 16.0 Å². The molecule has 0 amide bonds. The van der Waals surface area contributed by atoms with E-state index in [0.717, 1.165) is 6.07 Å². The predicted molar refractivity (Wildman–Crippen MR) is 82.7 cm³/mol. The highest BCUT2D eigenvalue weighted by Crippen LogP contribution is 2.26. The van der Waals surface area contributed by atoms with Gasteiger partial charge in [0.15, 0.2) is 0 Å². The molecule has 0 radical (unpaired) electrons. The molecular formula is C13H11BrN2O5S. The number of aromatic nitrogens is 1. The third-order valence-corrected chi connectivity index (χ3v) is 4.74. The number of sulfonamides is 1. The lowest BCUT2D eigenvalue weighted by molar-refractivity contribution is 0.0695. The van der Waals surface area contributed by atoms with Gasteiger partial charge in [0.1, 0.15) is 5.69 Å². The van der Waals surface area contributed by atoms with Gasteiger partial charge >= 0.3 is 5.97 Å². The van der Waals surface area contributed by atoms with Crippen molar-refractivity contribution in [3.05, 3.63) is 46.6 Å². The van der Waals surface area contributed by atoms with Crippen LogP contribution in [0, 0.1) is 0 Å². The average molecular weight is 387 g/mol. The van der Waals surface area contributed by atoms with Crippen LogP contribution in [0.1, 0.15) is 10.4 Å². The molecule has 0 bridgehead atoms. The van der Waals surface area contributed by atoms with E-state index >= 15 is 0 Å². The van der Waals surface area contributed by atoms with Crippen LogP contribution < -0.4 is 9.46 Å². The zero-order valence-corrected chi connectivity index (χ0v) is 13.7. The van der Waals surface area contributed by atoms with Crippen molar-refractivity contribution in [3.8, 4) is 5.88 Å². The molecule has 2 rings (SSSR count). The third kappa shape index (κ3) is 3.37. The van der Waals surface area contributed by atoms with Crippen molar-refractivity contribution < 1.29 is 23.1 Å². The van der Waals surface area contributed by atoms with Gasteiger partial charge in [0.2, 0.25) is 5.88 Å². The van der Waals surface area contributed by atoms with Crippen LogP contribution in [0.3, 0.4) is 0 Å². The largest absolute Gasteiger partial charge is 0.480 e. The van der Waals surface area contributed by atoms with Gasteiger partial charge in [-0.3, -0.25) is 4.72 Å². The quantitative estimate of drug-likeness (QED) is 0.816. The lowest BCUT2D eigenvalue weighted by Crippen LogP contribution is -2.15. The number of methoxy groups -OCH3 is 1. The number of hydrogen-bond donors (Lipinski definition) is 2. The molecule has 0 fully saturated rings. The van der Waals surface area contributed by atoms with Gasteiger partial charge in [0.05, 0.1) is 17.6 Å². The molecule has 0 unspecified atom stereocenters. The second kappa shape index (κ2) is 6.32. The van der Waals surface area contributed by atoms with Crippen LogP contribution >= 0.6 is 15.9 Å². The summed E-state index contributed by atoms with van der Waals surface area (Å²) >= 11 is 3.06. The van der Waals surface area contributed by atoms with Crippen LogP contribution in [-0.2, 0) is 10.0 Å². The van der Waals surface area contributed by atoms with Gasteiger partial charge < -0.3 is 9.84 Å². The Hall–Kier alpha value is -2.13. The van der Waals surface area contributed by atoms with E-state index in [-0.39, 0.29) is 26.5 Å². The van der Waals surface area contributed by atoms with Gasteiger partial charge in [-0.2, -0.15) is 0 Å². The Morgan fingerprint density at radius 3 is 2.73 bits per heavy atom. The molecule has 2 aromatic rings. The monoisotopic (exact) mass is 386 g/mol. The molecule has 1 aromatic carbocycles. The van der Waals surface area contributed by atoms with Gasteiger partial charge in [-0.15, -0.1) is 0 Å². The van der Waals surface area contributed by atoms with Gasteiger partial charge in [-0.05, 0) is 46.3 Å². The molecule has 0 spiro atoms. The Labute approximate surface area is 135 Å². The molecule has 22 heavy (non-hydrogen) atoms. The summed E-state index contributed by atoms with van der Waals surface area (Å²) in [5.41, 5.74) is 0.00539. The summed E-state index contributed by atoms with van der Waals surface area (Å²) in [6.45, 7) is 0. The first-order valence-electron chi connectivity index (χ1n) is 5.90. The number of carboxylic acid groups (broad SMARTS) is 1. The molecule has 1 aromatic heterocycles. The van der Waals surface area contributed by atoms with Crippen LogP contribution in [0.15, 0.2) is 45.9 Å². The first-order chi connectivity index (χ1) is 10.3. The lowest BCUT2D eigenvalue weighted by Gasteiger charge is -2.11. The van der Waals surface area contributed by atoms with E-state index in [9.17, 15) is 13.2 Å². The number of nitrogens with one attached hydrogen (secondary N) is 1. The zero-order chi connectivity index (χ0) is 16.3. The van der Waals surface area contributed by atoms with E-state index in [1.54, 1.807) is 6.07 Å². The maximum Gasteiger partial charge on any atom is 0.336 e. The maximum absolute atomic E-state index is 12.4. The smallest absolute Gasteiger partial charge is 0.336 e. The zero-order valence-electron chi connectivity index (χ0n) is 11.3. The Morgan fingerprint density at radius 2 is 2.09 bits per heavy atom. The lowest BCUT2D eigenvalue weighted by atomic mass is 10.2. The molecular weight excluding hydrogens is 376 g/mol. The highest BCUT2D eigenvalue weighted by Gasteiger charge is 2.20. The van der Waals surface area contributed by atoms with Crippen LogP contribution in [0.5, 0.6) is 5.88 Å². The Kier molecular flexibility index (Phi) is 4.67. The van der Waals surface area contributed by atoms with Crippen molar-refractivity contribution in [1.82, 2.24) is 4.98 Å². The molecule has 116 valence electrons. The van der Waals surface area contributed by atoms with E-state index in [2.05, 4.69) is 25.6 Å². The van der Waals surface area contributed by atoms with Crippen molar-refractivity contribution in [3.63, 3.8) is 0 Å². The SMILES string of the molecule is COc1ncccc1NS(=O)(=O)c1ccc(Br)c(C(=O)O)c1. The first kappa shape index (κ1) is 16.2. The summed E-state index contributed by atoms with van der Waals surface area (Å²) in [7, 11) is -2.61. The van der Waals surface area contributed by atoms with Crippen molar-refractivity contribution in [2.24, 2.45) is 0 Å². The molecule has 0 saturated heterocycles. The number of rotatable bonds is 5. The summed E-state index contributed by atoms with van der Waals surface area (Å²) in [4.78, 5) is 14.8. The number of ether oxygens (including phenoxy) is 1. The summed E-state index contributed by atoms with van der Waals surface area (Å²) in [5.74, 6) is -1.12. The highest BCUT2D eigenvalue weighted by molar-refractivity contribution is 9.10.